The van der Waals surface area contributed by atoms with Gasteiger partial charge in [-0.25, -0.2) is 24.6 Å². The average Bonchev–Trinajstić information content (AvgIpc) is 2.55. The molecule has 0 radical (unpaired) electrons. The zero-order valence-corrected chi connectivity index (χ0v) is 8.05. The molecule has 0 bridgehead atoms. The molecule has 0 aliphatic carbocycles. The van der Waals surface area contributed by atoms with Gasteiger partial charge in [0, 0.05) is 6.07 Å². The normalized spacial score (nSPS) is 10.9. The molecule has 0 atom stereocenters. The summed E-state index contributed by atoms with van der Waals surface area (Å²) in [5.41, 5.74) is 0.537. The molecule has 7 heteroatoms. The first-order valence-corrected chi connectivity index (χ1v) is 4.35. The van der Waals surface area contributed by atoms with Crippen molar-refractivity contribution < 1.29 is 19.1 Å². The topological polar surface area (TPSA) is 90.4 Å². The number of aromatic nitrogens is 2. The summed E-state index contributed by atoms with van der Waals surface area (Å²) in [6, 6.07) is 3.65. The molecule has 84 valence electrons. The Morgan fingerprint density at radius 1 is 1.62 bits per heavy atom. The molecule has 3 N–H and O–H groups in total. The smallest absolute Gasteiger partial charge is 0.417 e. The number of nitrogens with two attached hydrogens (primary N) is 1. The van der Waals surface area contributed by atoms with Gasteiger partial charge in [0.1, 0.15) is 18.2 Å². The number of benzene rings is 1. The number of halogens is 1. The first kappa shape index (κ1) is 10.5. The summed E-state index contributed by atoms with van der Waals surface area (Å²) in [6.07, 6.45) is -1.22. The lowest BCUT2D eigenvalue weighted by Gasteiger charge is -2.00. The molecule has 0 fully saturated rings. The molecule has 16 heavy (non-hydrogen) atoms. The molecule has 1 heterocycles. The number of hydrogen-bond donors (Lipinski definition) is 2. The predicted molar refractivity (Wildman–Crippen MR) is 52.1 cm³/mol. The van der Waals surface area contributed by atoms with Gasteiger partial charge in [0.2, 0.25) is 0 Å². The van der Waals surface area contributed by atoms with Crippen LogP contribution in [0.1, 0.15) is 5.82 Å². The third kappa shape index (κ3) is 1.62. The van der Waals surface area contributed by atoms with Crippen LogP contribution in [-0.4, -0.2) is 20.8 Å². The SMILES string of the molecule is NOCc1nc2cc(F)ccc2n1C(=O)O. The molecule has 1 aromatic heterocycles. The van der Waals surface area contributed by atoms with Crippen LogP contribution in [0.3, 0.4) is 0 Å². The number of carboxylic acid groups (broad SMARTS) is 1. The fourth-order valence-corrected chi connectivity index (χ4v) is 1.49. The molecular weight excluding hydrogens is 217 g/mol. The van der Waals surface area contributed by atoms with Crippen LogP contribution in [0, 0.1) is 5.82 Å². The molecule has 0 unspecified atom stereocenters. The molecule has 0 amide bonds. The van der Waals surface area contributed by atoms with Gasteiger partial charge >= 0.3 is 6.09 Å². The fraction of sp³-hybridized carbons (Fsp3) is 0.111. The van der Waals surface area contributed by atoms with Gasteiger partial charge in [-0.15, -0.1) is 0 Å². The molecule has 0 aliphatic heterocycles. The Bertz CT molecular complexity index is 552. The molecule has 6 nitrogen and oxygen atoms in total. The minimum atomic E-state index is -1.22. The Hall–Kier alpha value is -1.99. The molecule has 1 aromatic carbocycles. The largest absolute Gasteiger partial charge is 0.464 e. The summed E-state index contributed by atoms with van der Waals surface area (Å²) in [7, 11) is 0. The lowest BCUT2D eigenvalue weighted by molar-refractivity contribution is 0.115. The molecular formula is C9H8FN3O3. The summed E-state index contributed by atoms with van der Waals surface area (Å²) in [6.45, 7) is -0.164. The van der Waals surface area contributed by atoms with Gasteiger partial charge in [-0.2, -0.15) is 0 Å². The Morgan fingerprint density at radius 3 is 3.00 bits per heavy atom. The van der Waals surface area contributed by atoms with Crippen LogP contribution in [0.2, 0.25) is 0 Å². The summed E-state index contributed by atoms with van der Waals surface area (Å²) in [5.74, 6) is 4.48. The van der Waals surface area contributed by atoms with Crippen molar-refractivity contribution in [3.63, 3.8) is 0 Å². The van der Waals surface area contributed by atoms with Gasteiger partial charge in [0.05, 0.1) is 11.0 Å². The molecule has 0 saturated carbocycles. The van der Waals surface area contributed by atoms with Crippen molar-refractivity contribution in [2.75, 3.05) is 0 Å². The van der Waals surface area contributed by atoms with E-state index >= 15 is 0 Å². The number of fused-ring (bicyclic) bond motifs is 1. The number of carbonyl (C=O) groups is 1. The van der Waals surface area contributed by atoms with E-state index in [0.29, 0.717) is 5.52 Å². The van der Waals surface area contributed by atoms with Crippen LogP contribution in [0.25, 0.3) is 11.0 Å². The van der Waals surface area contributed by atoms with E-state index in [9.17, 15) is 9.18 Å². The van der Waals surface area contributed by atoms with Crippen molar-refractivity contribution in [1.82, 2.24) is 9.55 Å². The third-order valence-corrected chi connectivity index (χ3v) is 2.09. The molecule has 0 spiro atoms. The van der Waals surface area contributed by atoms with Crippen LogP contribution in [0.4, 0.5) is 9.18 Å². The number of imidazole rings is 1. The van der Waals surface area contributed by atoms with Crippen molar-refractivity contribution in [1.29, 1.82) is 0 Å². The second-order valence-corrected chi connectivity index (χ2v) is 3.09. The van der Waals surface area contributed by atoms with Gasteiger partial charge in [0.25, 0.3) is 0 Å². The van der Waals surface area contributed by atoms with Crippen molar-refractivity contribution >= 4 is 17.1 Å². The maximum Gasteiger partial charge on any atom is 0.417 e. The lowest BCUT2D eigenvalue weighted by Crippen LogP contribution is -2.14. The van der Waals surface area contributed by atoms with E-state index in [1.807, 2.05) is 0 Å². The summed E-state index contributed by atoms with van der Waals surface area (Å²) in [5, 5.41) is 8.98. The summed E-state index contributed by atoms with van der Waals surface area (Å²) >= 11 is 0. The van der Waals surface area contributed by atoms with E-state index < -0.39 is 11.9 Å². The summed E-state index contributed by atoms with van der Waals surface area (Å²) < 4.78 is 13.8. The first-order valence-electron chi connectivity index (χ1n) is 4.35. The minimum Gasteiger partial charge on any atom is -0.464 e. The van der Waals surface area contributed by atoms with Crippen molar-refractivity contribution in [2.24, 2.45) is 5.90 Å². The summed E-state index contributed by atoms with van der Waals surface area (Å²) in [4.78, 5) is 19.2. The number of nitrogens with zero attached hydrogens (tertiary/aromatic N) is 2. The van der Waals surface area contributed by atoms with Crippen LogP contribution in [0.5, 0.6) is 0 Å². The monoisotopic (exact) mass is 225 g/mol. The van der Waals surface area contributed by atoms with Crippen LogP contribution < -0.4 is 5.90 Å². The molecule has 2 aromatic rings. The zero-order valence-electron chi connectivity index (χ0n) is 8.05. The van der Waals surface area contributed by atoms with E-state index in [1.54, 1.807) is 0 Å². The Morgan fingerprint density at radius 2 is 2.38 bits per heavy atom. The van der Waals surface area contributed by atoms with Crippen LogP contribution in [-0.2, 0) is 11.4 Å². The number of rotatable bonds is 2. The zero-order chi connectivity index (χ0) is 11.7. The highest BCUT2D eigenvalue weighted by Gasteiger charge is 2.16. The van der Waals surface area contributed by atoms with Gasteiger partial charge in [-0.1, -0.05) is 0 Å². The second kappa shape index (κ2) is 3.87. The van der Waals surface area contributed by atoms with Crippen molar-refractivity contribution in [3.05, 3.63) is 29.8 Å². The molecule has 2 rings (SSSR count). The van der Waals surface area contributed by atoms with Gasteiger partial charge < -0.3 is 5.11 Å². The minimum absolute atomic E-state index is 0.107. The highest BCUT2D eigenvalue weighted by atomic mass is 19.1. The standard InChI is InChI=1S/C9H8FN3O3/c10-5-1-2-7-6(3-5)12-8(4-16-11)13(7)9(14)15/h1-3H,4,11H2,(H,14,15). The van der Waals surface area contributed by atoms with Crippen LogP contribution in [0.15, 0.2) is 18.2 Å². The van der Waals surface area contributed by atoms with Gasteiger partial charge in [-0.05, 0) is 12.1 Å². The van der Waals surface area contributed by atoms with Gasteiger partial charge in [-0.3, -0.25) is 4.84 Å². The van der Waals surface area contributed by atoms with E-state index in [2.05, 4.69) is 9.82 Å². The Kier molecular flexibility index (Phi) is 2.55. The van der Waals surface area contributed by atoms with Crippen molar-refractivity contribution in [3.8, 4) is 0 Å². The molecule has 0 aliphatic rings. The van der Waals surface area contributed by atoms with E-state index in [-0.39, 0.29) is 17.9 Å². The predicted octanol–water partition coefficient (Wildman–Crippen LogP) is 1.09. The Balaban J connectivity index is 2.70. The quantitative estimate of drug-likeness (QED) is 0.746. The van der Waals surface area contributed by atoms with Crippen LogP contribution >= 0.6 is 0 Å². The van der Waals surface area contributed by atoms with E-state index in [1.165, 1.54) is 6.07 Å². The highest BCUT2D eigenvalue weighted by Crippen LogP contribution is 2.17. The van der Waals surface area contributed by atoms with Gasteiger partial charge in [0.15, 0.2) is 0 Å². The average molecular weight is 225 g/mol. The van der Waals surface area contributed by atoms with E-state index in [0.717, 1.165) is 16.7 Å². The maximum atomic E-state index is 12.9. The second-order valence-electron chi connectivity index (χ2n) is 3.09. The first-order chi connectivity index (χ1) is 7.63. The number of hydrogen-bond acceptors (Lipinski definition) is 4. The highest BCUT2D eigenvalue weighted by molar-refractivity contribution is 5.86. The van der Waals surface area contributed by atoms with Crippen molar-refractivity contribution in [2.45, 2.75) is 6.61 Å². The lowest BCUT2D eigenvalue weighted by atomic mass is 10.3. The fourth-order valence-electron chi connectivity index (χ4n) is 1.49. The van der Waals surface area contributed by atoms with E-state index in [4.69, 9.17) is 11.0 Å². The Labute approximate surface area is 89.0 Å². The maximum absolute atomic E-state index is 12.9. The third-order valence-electron chi connectivity index (χ3n) is 2.09. The molecule has 0 saturated heterocycles.